The highest BCUT2D eigenvalue weighted by Crippen LogP contribution is 2.47. The van der Waals surface area contributed by atoms with Gasteiger partial charge in [-0.2, -0.15) is 21.0 Å². The summed E-state index contributed by atoms with van der Waals surface area (Å²) < 4.78 is 12.6. The second kappa shape index (κ2) is 26.7. The maximum atomic E-state index is 9.67. The lowest BCUT2D eigenvalue weighted by Crippen LogP contribution is -2.14. The summed E-state index contributed by atoms with van der Waals surface area (Å²) in [5.41, 5.74) is 5.55. The number of nitrogens with zero attached hydrogens (tertiary/aromatic N) is 4. The Morgan fingerprint density at radius 3 is 1.02 bits per heavy atom. The van der Waals surface area contributed by atoms with Crippen molar-refractivity contribution in [3.63, 3.8) is 0 Å². The van der Waals surface area contributed by atoms with Crippen LogP contribution < -0.4 is 9.47 Å². The number of nitriles is 4. The van der Waals surface area contributed by atoms with Crippen LogP contribution in [0.2, 0.25) is 0 Å². The van der Waals surface area contributed by atoms with E-state index in [2.05, 4.69) is 76.3 Å². The molecule has 3 aromatic heterocycles. The van der Waals surface area contributed by atoms with Gasteiger partial charge in [-0.3, -0.25) is 0 Å². The van der Waals surface area contributed by atoms with Gasteiger partial charge in [0, 0.05) is 19.5 Å². The van der Waals surface area contributed by atoms with E-state index in [0.29, 0.717) is 13.2 Å². The molecule has 0 saturated heterocycles. The monoisotopic (exact) mass is 846 g/mol. The smallest absolute Gasteiger partial charge is 0.180 e. The molecule has 0 spiro atoms. The predicted octanol–water partition coefficient (Wildman–Crippen LogP) is 15.3. The van der Waals surface area contributed by atoms with Crippen molar-refractivity contribution in [2.45, 2.75) is 156 Å². The summed E-state index contributed by atoms with van der Waals surface area (Å²) in [6.45, 7) is 9.90. The maximum Gasteiger partial charge on any atom is 0.180 e. The van der Waals surface area contributed by atoms with Crippen LogP contribution in [0, 0.1) is 45.3 Å². The molecule has 312 valence electrons. The van der Waals surface area contributed by atoms with Crippen molar-refractivity contribution >= 4 is 70.5 Å². The molecule has 0 unspecified atom stereocenters. The molecule has 6 nitrogen and oxygen atoms in total. The first-order valence-electron chi connectivity index (χ1n) is 22.1. The highest BCUT2D eigenvalue weighted by atomic mass is 32.1. The number of hydrogen-bond acceptors (Lipinski definition) is 9. The SMILES string of the molecule is CCCCCCc1c(C=C(C#N)C#N)sc(/C=C/c2sc(/C=C/c3sc(C=C(C#N)C#N)c(CCCCCC)c3CCCCCC)c3c2OCCO3)c1CCCCCC. The van der Waals surface area contributed by atoms with Crippen LogP contribution in [0.25, 0.3) is 36.5 Å². The van der Waals surface area contributed by atoms with Gasteiger partial charge in [-0.05, 0) is 110 Å². The maximum absolute atomic E-state index is 9.67. The second-order valence-electron chi connectivity index (χ2n) is 15.2. The summed E-state index contributed by atoms with van der Waals surface area (Å²) in [7, 11) is 0. The average Bonchev–Trinajstić information content (AvgIpc) is 3.90. The Balaban J connectivity index is 1.78. The standard InChI is InChI=1S/C50H62N4O2S3/c1-5-9-13-17-21-39-41(23-19-15-11-7-3)47(31-37(33-51)34-52)57-43(39)25-27-45-49-50(56-30-29-55-49)46(59-45)28-26-44-40(22-18-14-10-6-2)42(24-20-16-12-8-4)48(58-44)32-38(35-53)36-54/h25-28,31-32H,5-24,29-30H2,1-4H3/b27-25+,28-26+. The normalized spacial score (nSPS) is 12.0. The molecule has 4 rings (SSSR count). The van der Waals surface area contributed by atoms with Gasteiger partial charge in [-0.25, -0.2) is 0 Å². The Kier molecular flexibility index (Phi) is 21.4. The van der Waals surface area contributed by atoms with Crippen molar-refractivity contribution in [2.24, 2.45) is 0 Å². The van der Waals surface area contributed by atoms with Gasteiger partial charge in [0.25, 0.3) is 0 Å². The minimum atomic E-state index is 0.139. The molecule has 0 atom stereocenters. The lowest BCUT2D eigenvalue weighted by molar-refractivity contribution is 0.173. The van der Waals surface area contributed by atoms with Crippen molar-refractivity contribution in [3.8, 4) is 35.8 Å². The van der Waals surface area contributed by atoms with Gasteiger partial charge in [0.2, 0.25) is 0 Å². The van der Waals surface area contributed by atoms with E-state index in [0.717, 1.165) is 82.4 Å². The molecule has 0 aromatic carbocycles. The first kappa shape index (κ1) is 47.3. The van der Waals surface area contributed by atoms with E-state index in [1.807, 2.05) is 0 Å². The molecular formula is C50H62N4O2S3. The predicted molar refractivity (Wildman–Crippen MR) is 252 cm³/mol. The van der Waals surface area contributed by atoms with E-state index in [-0.39, 0.29) is 11.1 Å². The number of ether oxygens (including phenoxy) is 2. The number of unbranched alkanes of at least 4 members (excludes halogenated alkanes) is 12. The quantitative estimate of drug-likeness (QED) is 0.0587. The Morgan fingerprint density at radius 2 is 0.712 bits per heavy atom. The van der Waals surface area contributed by atoms with Gasteiger partial charge in [-0.1, -0.05) is 105 Å². The molecule has 0 fully saturated rings. The minimum Gasteiger partial charge on any atom is -0.485 e. The molecule has 0 saturated carbocycles. The number of rotatable bonds is 26. The zero-order chi connectivity index (χ0) is 42.2. The van der Waals surface area contributed by atoms with E-state index < -0.39 is 0 Å². The molecule has 0 bridgehead atoms. The van der Waals surface area contributed by atoms with Gasteiger partial charge in [0.05, 0.1) is 9.75 Å². The molecule has 0 N–H and O–H groups in total. The van der Waals surface area contributed by atoms with Gasteiger partial charge < -0.3 is 9.47 Å². The number of hydrogen-bond donors (Lipinski definition) is 0. The van der Waals surface area contributed by atoms with Crippen molar-refractivity contribution < 1.29 is 9.47 Å². The van der Waals surface area contributed by atoms with Gasteiger partial charge in [0.15, 0.2) is 11.5 Å². The van der Waals surface area contributed by atoms with Crippen LogP contribution in [0.4, 0.5) is 0 Å². The Bertz CT molecular complexity index is 1920. The van der Waals surface area contributed by atoms with Gasteiger partial charge in [-0.15, -0.1) is 34.0 Å². The van der Waals surface area contributed by atoms with E-state index in [9.17, 15) is 21.0 Å². The van der Waals surface area contributed by atoms with Gasteiger partial charge in [0.1, 0.15) is 48.6 Å². The second-order valence-corrected chi connectivity index (χ2v) is 18.5. The summed E-state index contributed by atoms with van der Waals surface area (Å²) >= 11 is 5.03. The third kappa shape index (κ3) is 14.1. The average molecular weight is 847 g/mol. The number of thiophene rings is 3. The summed E-state index contributed by atoms with van der Waals surface area (Å²) in [6, 6.07) is 8.35. The van der Waals surface area contributed by atoms with Crippen LogP contribution in [0.15, 0.2) is 11.1 Å². The van der Waals surface area contributed by atoms with Crippen LogP contribution in [0.1, 0.15) is 182 Å². The highest BCUT2D eigenvalue weighted by molar-refractivity contribution is 7.16. The Hall–Kier alpha value is -4.38. The van der Waals surface area contributed by atoms with Crippen molar-refractivity contribution in [1.82, 2.24) is 0 Å². The molecule has 0 aliphatic carbocycles. The van der Waals surface area contributed by atoms with Crippen molar-refractivity contribution in [3.05, 3.63) is 62.7 Å². The lowest BCUT2D eigenvalue weighted by Gasteiger charge is -2.16. The lowest BCUT2D eigenvalue weighted by atomic mass is 9.96. The third-order valence-corrected chi connectivity index (χ3v) is 14.2. The zero-order valence-corrected chi connectivity index (χ0v) is 38.3. The fraction of sp³-hybridized carbons (Fsp3) is 0.520. The van der Waals surface area contributed by atoms with Crippen molar-refractivity contribution in [1.29, 1.82) is 21.0 Å². The van der Waals surface area contributed by atoms with Crippen LogP contribution in [-0.4, -0.2) is 13.2 Å². The molecule has 59 heavy (non-hydrogen) atoms. The molecule has 1 aliphatic heterocycles. The number of fused-ring (bicyclic) bond motifs is 1. The topological polar surface area (TPSA) is 114 Å². The largest absolute Gasteiger partial charge is 0.485 e. The first-order chi connectivity index (χ1) is 29.0. The summed E-state index contributed by atoms with van der Waals surface area (Å²) in [6.07, 6.45) is 34.8. The van der Waals surface area contributed by atoms with E-state index in [4.69, 9.17) is 9.47 Å². The summed E-state index contributed by atoms with van der Waals surface area (Å²) in [4.78, 5) is 6.41. The van der Waals surface area contributed by atoms with Gasteiger partial charge >= 0.3 is 0 Å². The molecule has 0 radical (unpaired) electrons. The summed E-state index contributed by atoms with van der Waals surface area (Å²) in [5, 5.41) is 38.7. The molecule has 4 heterocycles. The Labute approximate surface area is 366 Å². The first-order valence-corrected chi connectivity index (χ1v) is 24.5. The zero-order valence-electron chi connectivity index (χ0n) is 35.9. The van der Waals surface area contributed by atoms with Crippen LogP contribution in [-0.2, 0) is 25.7 Å². The molecule has 9 heteroatoms. The third-order valence-electron chi connectivity index (χ3n) is 10.7. The Morgan fingerprint density at radius 1 is 0.424 bits per heavy atom. The summed E-state index contributed by atoms with van der Waals surface area (Å²) in [5.74, 6) is 1.54. The molecule has 1 aliphatic rings. The highest BCUT2D eigenvalue weighted by Gasteiger charge is 2.24. The van der Waals surface area contributed by atoms with E-state index in [1.54, 1.807) is 46.2 Å². The van der Waals surface area contributed by atoms with E-state index >= 15 is 0 Å². The molecule has 0 amide bonds. The molecule has 3 aromatic rings. The fourth-order valence-electron chi connectivity index (χ4n) is 7.55. The fourth-order valence-corrected chi connectivity index (χ4v) is 11.0. The molecular weight excluding hydrogens is 785 g/mol. The van der Waals surface area contributed by atoms with Crippen molar-refractivity contribution in [2.75, 3.05) is 13.2 Å². The van der Waals surface area contributed by atoms with E-state index in [1.165, 1.54) is 109 Å². The van der Waals surface area contributed by atoms with Crippen LogP contribution >= 0.6 is 34.0 Å². The minimum absolute atomic E-state index is 0.139. The number of allylic oxidation sites excluding steroid dienone is 2. The van der Waals surface area contributed by atoms with Crippen LogP contribution in [0.3, 0.4) is 0 Å². The van der Waals surface area contributed by atoms with Crippen LogP contribution in [0.5, 0.6) is 11.5 Å².